The van der Waals surface area contributed by atoms with Gasteiger partial charge in [0, 0.05) is 18.1 Å². The summed E-state index contributed by atoms with van der Waals surface area (Å²) >= 11 is 5.54. The standard InChI is InChI=1S/C10H12ClNO2/c1-8-4-2-3-5-9(8)12(7-6-11)10(13)14/h2-5H,6-7H2,1H3,(H,13,14). The van der Waals surface area contributed by atoms with Crippen molar-refractivity contribution in [2.75, 3.05) is 17.3 Å². The summed E-state index contributed by atoms with van der Waals surface area (Å²) in [6.07, 6.45) is -0.972. The molecule has 76 valence electrons. The number of halogens is 1. The molecule has 0 spiro atoms. The van der Waals surface area contributed by atoms with Crippen molar-refractivity contribution >= 4 is 23.4 Å². The van der Waals surface area contributed by atoms with E-state index >= 15 is 0 Å². The van der Waals surface area contributed by atoms with Gasteiger partial charge in [-0.2, -0.15) is 0 Å². The number of hydrogen-bond donors (Lipinski definition) is 1. The van der Waals surface area contributed by atoms with Gasteiger partial charge in [0.1, 0.15) is 0 Å². The fourth-order valence-electron chi connectivity index (χ4n) is 1.27. The smallest absolute Gasteiger partial charge is 0.411 e. The quantitative estimate of drug-likeness (QED) is 0.785. The Morgan fingerprint density at radius 1 is 1.50 bits per heavy atom. The number of benzene rings is 1. The monoisotopic (exact) mass is 213 g/mol. The molecule has 0 heterocycles. The van der Waals surface area contributed by atoms with Crippen molar-refractivity contribution in [3.63, 3.8) is 0 Å². The highest BCUT2D eigenvalue weighted by Gasteiger charge is 2.14. The minimum absolute atomic E-state index is 0.292. The van der Waals surface area contributed by atoms with Crippen molar-refractivity contribution in [2.24, 2.45) is 0 Å². The van der Waals surface area contributed by atoms with Crippen LogP contribution in [0.25, 0.3) is 0 Å². The van der Waals surface area contributed by atoms with Gasteiger partial charge in [-0.3, -0.25) is 4.90 Å². The van der Waals surface area contributed by atoms with Crippen LogP contribution in [-0.4, -0.2) is 23.6 Å². The summed E-state index contributed by atoms with van der Waals surface area (Å²) in [7, 11) is 0. The second kappa shape index (κ2) is 4.86. The third kappa shape index (κ3) is 2.39. The number of carboxylic acid groups (broad SMARTS) is 1. The second-order valence-electron chi connectivity index (χ2n) is 2.91. The maximum absolute atomic E-state index is 10.9. The lowest BCUT2D eigenvalue weighted by molar-refractivity contribution is 0.202. The number of para-hydroxylation sites is 1. The molecule has 0 atom stereocenters. The van der Waals surface area contributed by atoms with E-state index in [-0.39, 0.29) is 0 Å². The van der Waals surface area contributed by atoms with Crippen LogP contribution in [0.2, 0.25) is 0 Å². The minimum atomic E-state index is -0.972. The van der Waals surface area contributed by atoms with Crippen LogP contribution in [-0.2, 0) is 0 Å². The van der Waals surface area contributed by atoms with Gasteiger partial charge in [-0.15, -0.1) is 11.6 Å². The largest absolute Gasteiger partial charge is 0.465 e. The van der Waals surface area contributed by atoms with Gasteiger partial charge in [0.25, 0.3) is 0 Å². The van der Waals surface area contributed by atoms with Gasteiger partial charge in [0.05, 0.1) is 0 Å². The van der Waals surface area contributed by atoms with E-state index in [4.69, 9.17) is 16.7 Å². The van der Waals surface area contributed by atoms with E-state index in [1.807, 2.05) is 25.1 Å². The fourth-order valence-corrected chi connectivity index (χ4v) is 1.44. The molecule has 3 nitrogen and oxygen atoms in total. The summed E-state index contributed by atoms with van der Waals surface area (Å²) in [5.74, 6) is 0.292. The Kier molecular flexibility index (Phi) is 3.77. The molecule has 0 fully saturated rings. The molecule has 0 bridgehead atoms. The summed E-state index contributed by atoms with van der Waals surface area (Å²) in [6, 6.07) is 7.33. The average molecular weight is 214 g/mol. The summed E-state index contributed by atoms with van der Waals surface area (Å²) < 4.78 is 0. The zero-order chi connectivity index (χ0) is 10.6. The molecule has 0 saturated carbocycles. The molecule has 0 aliphatic carbocycles. The Morgan fingerprint density at radius 3 is 2.64 bits per heavy atom. The van der Waals surface area contributed by atoms with E-state index in [0.717, 1.165) is 5.56 Å². The van der Waals surface area contributed by atoms with E-state index in [9.17, 15) is 4.79 Å². The number of nitrogens with zero attached hydrogens (tertiary/aromatic N) is 1. The van der Waals surface area contributed by atoms with Crippen molar-refractivity contribution in [3.8, 4) is 0 Å². The van der Waals surface area contributed by atoms with Crippen molar-refractivity contribution in [1.82, 2.24) is 0 Å². The topological polar surface area (TPSA) is 40.5 Å². The highest BCUT2D eigenvalue weighted by molar-refractivity contribution is 6.18. The van der Waals surface area contributed by atoms with Crippen molar-refractivity contribution in [3.05, 3.63) is 29.8 Å². The molecule has 0 aliphatic rings. The molecule has 1 aromatic rings. The summed E-state index contributed by atoms with van der Waals surface area (Å²) in [5.41, 5.74) is 1.63. The Labute approximate surface area is 87.9 Å². The van der Waals surface area contributed by atoms with E-state index in [1.165, 1.54) is 4.90 Å². The van der Waals surface area contributed by atoms with Gasteiger partial charge in [0.15, 0.2) is 0 Å². The first-order valence-corrected chi connectivity index (χ1v) is 4.82. The Bertz CT molecular complexity index is 328. The number of aryl methyl sites for hydroxylation is 1. The number of amides is 1. The summed E-state index contributed by atoms with van der Waals surface area (Å²) in [6.45, 7) is 2.18. The van der Waals surface area contributed by atoms with Gasteiger partial charge >= 0.3 is 6.09 Å². The van der Waals surface area contributed by atoms with Crippen LogP contribution in [0.4, 0.5) is 10.5 Å². The van der Waals surface area contributed by atoms with Crippen molar-refractivity contribution < 1.29 is 9.90 Å². The van der Waals surface area contributed by atoms with Crippen LogP contribution in [0.5, 0.6) is 0 Å². The first-order chi connectivity index (χ1) is 6.66. The lowest BCUT2D eigenvalue weighted by Crippen LogP contribution is -2.31. The molecule has 1 N–H and O–H groups in total. The fraction of sp³-hybridized carbons (Fsp3) is 0.300. The third-order valence-electron chi connectivity index (χ3n) is 1.95. The SMILES string of the molecule is Cc1ccccc1N(CCCl)C(=O)O. The predicted octanol–water partition coefficient (Wildman–Crippen LogP) is 2.72. The molecule has 0 saturated heterocycles. The van der Waals surface area contributed by atoms with Gasteiger partial charge in [-0.25, -0.2) is 4.79 Å². The first kappa shape index (κ1) is 10.9. The molecular weight excluding hydrogens is 202 g/mol. The van der Waals surface area contributed by atoms with E-state index in [1.54, 1.807) is 6.07 Å². The Morgan fingerprint density at radius 2 is 2.14 bits per heavy atom. The van der Waals surface area contributed by atoms with Crippen LogP contribution in [0, 0.1) is 6.92 Å². The van der Waals surface area contributed by atoms with Crippen molar-refractivity contribution in [2.45, 2.75) is 6.92 Å². The van der Waals surface area contributed by atoms with Gasteiger partial charge < -0.3 is 5.11 Å². The van der Waals surface area contributed by atoms with Crippen LogP contribution in [0.15, 0.2) is 24.3 Å². The molecule has 1 rings (SSSR count). The number of rotatable bonds is 3. The molecule has 0 aliphatic heterocycles. The molecule has 0 aromatic heterocycles. The first-order valence-electron chi connectivity index (χ1n) is 4.29. The molecular formula is C10H12ClNO2. The highest BCUT2D eigenvalue weighted by Crippen LogP contribution is 2.19. The number of carbonyl (C=O) groups is 1. The second-order valence-corrected chi connectivity index (χ2v) is 3.29. The molecule has 0 unspecified atom stereocenters. The minimum Gasteiger partial charge on any atom is -0.465 e. The maximum Gasteiger partial charge on any atom is 0.411 e. The van der Waals surface area contributed by atoms with Gasteiger partial charge in [-0.05, 0) is 18.6 Å². The van der Waals surface area contributed by atoms with Gasteiger partial charge in [0.2, 0.25) is 0 Å². The van der Waals surface area contributed by atoms with Crippen LogP contribution < -0.4 is 4.90 Å². The van der Waals surface area contributed by atoms with Crippen LogP contribution in [0.1, 0.15) is 5.56 Å². The van der Waals surface area contributed by atoms with Crippen LogP contribution >= 0.6 is 11.6 Å². The predicted molar refractivity (Wildman–Crippen MR) is 57.3 cm³/mol. The molecule has 0 radical (unpaired) electrons. The highest BCUT2D eigenvalue weighted by atomic mass is 35.5. The van der Waals surface area contributed by atoms with Crippen LogP contribution in [0.3, 0.4) is 0 Å². The van der Waals surface area contributed by atoms with E-state index < -0.39 is 6.09 Å². The Balaban J connectivity index is 2.99. The zero-order valence-corrected chi connectivity index (χ0v) is 8.66. The number of hydrogen-bond acceptors (Lipinski definition) is 1. The number of anilines is 1. The normalized spacial score (nSPS) is 9.86. The van der Waals surface area contributed by atoms with E-state index in [0.29, 0.717) is 18.1 Å². The summed E-state index contributed by atoms with van der Waals surface area (Å²) in [4.78, 5) is 12.2. The number of alkyl halides is 1. The summed E-state index contributed by atoms with van der Waals surface area (Å²) in [5, 5.41) is 8.95. The third-order valence-corrected chi connectivity index (χ3v) is 2.11. The van der Waals surface area contributed by atoms with E-state index in [2.05, 4.69) is 0 Å². The molecule has 1 amide bonds. The maximum atomic E-state index is 10.9. The van der Waals surface area contributed by atoms with Gasteiger partial charge in [-0.1, -0.05) is 18.2 Å². The lowest BCUT2D eigenvalue weighted by atomic mass is 10.2. The molecule has 1 aromatic carbocycles. The molecule has 4 heteroatoms. The zero-order valence-electron chi connectivity index (χ0n) is 7.90. The molecule has 14 heavy (non-hydrogen) atoms. The average Bonchev–Trinajstić information content (AvgIpc) is 2.15. The lowest BCUT2D eigenvalue weighted by Gasteiger charge is -2.19. The van der Waals surface area contributed by atoms with Crippen molar-refractivity contribution in [1.29, 1.82) is 0 Å². The Hall–Kier alpha value is -1.22.